The molecule has 0 aliphatic heterocycles. The second-order valence-corrected chi connectivity index (χ2v) is 7.41. The maximum Gasteiger partial charge on any atom is 0.0633 e. The maximum atomic E-state index is 5.03. The minimum absolute atomic E-state index is 0. The molecular weight excluding hydrogens is 399 g/mol. The van der Waals surface area contributed by atoms with Crippen LogP contribution in [0.5, 0.6) is 0 Å². The molecule has 2 nitrogen and oxygen atoms in total. The van der Waals surface area contributed by atoms with E-state index >= 15 is 0 Å². The zero-order valence-corrected chi connectivity index (χ0v) is 19.0. The summed E-state index contributed by atoms with van der Waals surface area (Å²) < 4.78 is 0. The van der Waals surface area contributed by atoms with Crippen molar-refractivity contribution in [1.82, 2.24) is 0 Å². The smallest absolute Gasteiger partial charge is 0.0633 e. The van der Waals surface area contributed by atoms with Gasteiger partial charge in [0, 0.05) is 16.5 Å². The number of hydrogen-bond donors (Lipinski definition) is 0. The van der Waals surface area contributed by atoms with Crippen LogP contribution in [0.4, 0.5) is 11.4 Å². The largest absolute Gasteiger partial charge is 0.252 e. The molecule has 0 aromatic heterocycles. The van der Waals surface area contributed by atoms with E-state index in [2.05, 4.69) is 62.4 Å². The number of benzene rings is 2. The Kier molecular flexibility index (Phi) is 14.1. The van der Waals surface area contributed by atoms with Gasteiger partial charge >= 0.3 is 0 Å². The van der Waals surface area contributed by atoms with Gasteiger partial charge in [0.25, 0.3) is 0 Å². The van der Waals surface area contributed by atoms with Gasteiger partial charge in [-0.05, 0) is 49.9 Å². The first kappa shape index (κ1) is 25.3. The first-order valence-corrected chi connectivity index (χ1v) is 11.1. The second-order valence-electron chi connectivity index (χ2n) is 7.41. The summed E-state index contributed by atoms with van der Waals surface area (Å²) in [7, 11) is 0. The Balaban J connectivity index is 0.00000420. The summed E-state index contributed by atoms with van der Waals surface area (Å²) in [5, 5.41) is 0. The summed E-state index contributed by atoms with van der Waals surface area (Å²) in [6.45, 7) is 4.51. The van der Waals surface area contributed by atoms with E-state index in [1.807, 2.05) is 12.1 Å². The Morgan fingerprint density at radius 3 is 1.45 bits per heavy atom. The van der Waals surface area contributed by atoms with Gasteiger partial charge in [0.1, 0.15) is 0 Å². The number of rotatable bonds is 13. The van der Waals surface area contributed by atoms with E-state index < -0.39 is 0 Å². The van der Waals surface area contributed by atoms with E-state index in [-0.39, 0.29) is 16.5 Å². The van der Waals surface area contributed by atoms with Gasteiger partial charge in [-0.15, -0.1) is 0 Å². The van der Waals surface area contributed by atoms with Gasteiger partial charge < -0.3 is 0 Å². The van der Waals surface area contributed by atoms with Crippen molar-refractivity contribution in [2.45, 2.75) is 78.1 Å². The minimum Gasteiger partial charge on any atom is -0.252 e. The Bertz CT molecular complexity index is 708. The Labute approximate surface area is 187 Å². The van der Waals surface area contributed by atoms with Crippen molar-refractivity contribution in [1.29, 1.82) is 0 Å². The van der Waals surface area contributed by atoms with Gasteiger partial charge in [-0.2, -0.15) is 0 Å². The topological polar surface area (TPSA) is 24.7 Å². The van der Waals surface area contributed by atoms with Crippen molar-refractivity contribution < 1.29 is 16.5 Å². The summed E-state index contributed by atoms with van der Waals surface area (Å²) in [6.07, 6.45) is 12.1. The number of hydrogen-bond acceptors (Lipinski definition) is 2. The number of aliphatic imine (C=N–C) groups is 2. The van der Waals surface area contributed by atoms with E-state index in [0.29, 0.717) is 0 Å². The number of unbranched alkanes of at least 4 members (excludes halogenated alkanes) is 6. The van der Waals surface area contributed by atoms with E-state index in [0.717, 1.165) is 36.3 Å². The first-order valence-electron chi connectivity index (χ1n) is 11.1. The Morgan fingerprint density at radius 2 is 0.966 bits per heavy atom. The zero-order chi connectivity index (χ0) is 19.9. The summed E-state index contributed by atoms with van der Waals surface area (Å²) in [6, 6.07) is 20.6. The molecule has 0 spiro atoms. The summed E-state index contributed by atoms with van der Waals surface area (Å²) in [5.74, 6) is 0. The predicted molar refractivity (Wildman–Crippen MR) is 125 cm³/mol. The molecule has 0 bridgehead atoms. The third kappa shape index (κ3) is 10.6. The standard InChI is InChI=1S/C26H36N2.Ni/c1-3-5-7-8-9-16-22-26(28-24-19-14-11-15-20-24)25(21-6-4-2)27-23-17-12-10-13-18-23;/h10-15,17-20H,3-9,16,21-22H2,1-2H3;/b27-25+,28-26+;. The van der Waals surface area contributed by atoms with Crippen LogP contribution in [0, 0.1) is 0 Å². The fourth-order valence-corrected chi connectivity index (χ4v) is 3.26. The average molecular weight is 435 g/mol. The fourth-order valence-electron chi connectivity index (χ4n) is 3.26. The van der Waals surface area contributed by atoms with Crippen LogP contribution in [-0.2, 0) is 16.5 Å². The molecule has 0 atom stereocenters. The monoisotopic (exact) mass is 434 g/mol. The van der Waals surface area contributed by atoms with Gasteiger partial charge in [0.05, 0.1) is 22.8 Å². The molecule has 2 rings (SSSR count). The van der Waals surface area contributed by atoms with Gasteiger partial charge in [0.15, 0.2) is 0 Å². The van der Waals surface area contributed by atoms with Crippen molar-refractivity contribution in [3.63, 3.8) is 0 Å². The van der Waals surface area contributed by atoms with Crippen molar-refractivity contribution in [3.8, 4) is 0 Å². The molecule has 0 saturated heterocycles. The number of para-hydroxylation sites is 2. The van der Waals surface area contributed by atoms with Gasteiger partial charge in [-0.1, -0.05) is 88.8 Å². The van der Waals surface area contributed by atoms with Crippen LogP contribution < -0.4 is 0 Å². The third-order valence-electron chi connectivity index (χ3n) is 4.91. The summed E-state index contributed by atoms with van der Waals surface area (Å²) in [4.78, 5) is 10.0. The molecule has 0 heterocycles. The second kappa shape index (κ2) is 16.1. The molecule has 3 heteroatoms. The molecule has 2 aromatic carbocycles. The molecule has 0 unspecified atom stereocenters. The van der Waals surface area contributed by atoms with Crippen molar-refractivity contribution in [3.05, 3.63) is 60.7 Å². The molecule has 0 aliphatic rings. The van der Waals surface area contributed by atoms with E-state index in [1.54, 1.807) is 0 Å². The fraction of sp³-hybridized carbons (Fsp3) is 0.462. The molecule has 0 aliphatic carbocycles. The number of nitrogens with zero attached hydrogens (tertiary/aromatic N) is 2. The molecule has 0 fully saturated rings. The molecule has 0 saturated carbocycles. The van der Waals surface area contributed by atoms with E-state index in [9.17, 15) is 0 Å². The molecule has 0 N–H and O–H groups in total. The Morgan fingerprint density at radius 1 is 0.552 bits per heavy atom. The summed E-state index contributed by atoms with van der Waals surface area (Å²) >= 11 is 0. The van der Waals surface area contributed by atoms with Crippen molar-refractivity contribution in [2.24, 2.45) is 9.98 Å². The van der Waals surface area contributed by atoms with E-state index in [1.165, 1.54) is 50.7 Å². The van der Waals surface area contributed by atoms with Crippen LogP contribution in [0.15, 0.2) is 70.6 Å². The Hall–Kier alpha value is -1.73. The van der Waals surface area contributed by atoms with Crippen LogP contribution in [0.25, 0.3) is 0 Å². The minimum atomic E-state index is 0. The van der Waals surface area contributed by atoms with Crippen LogP contribution in [0.2, 0.25) is 0 Å². The molecular formula is C26H36N2Ni. The molecule has 29 heavy (non-hydrogen) atoms. The van der Waals surface area contributed by atoms with Gasteiger partial charge in [-0.3, -0.25) is 9.98 Å². The quantitative estimate of drug-likeness (QED) is 0.171. The first-order chi connectivity index (χ1) is 13.8. The third-order valence-corrected chi connectivity index (χ3v) is 4.91. The zero-order valence-electron chi connectivity index (χ0n) is 18.1. The summed E-state index contributed by atoms with van der Waals surface area (Å²) in [5.41, 5.74) is 4.38. The molecule has 0 amide bonds. The molecule has 160 valence electrons. The van der Waals surface area contributed by atoms with Crippen molar-refractivity contribution >= 4 is 22.8 Å². The molecule has 2 aromatic rings. The predicted octanol–water partition coefficient (Wildman–Crippen LogP) is 8.47. The van der Waals surface area contributed by atoms with Crippen LogP contribution >= 0.6 is 0 Å². The van der Waals surface area contributed by atoms with Crippen LogP contribution in [0.3, 0.4) is 0 Å². The van der Waals surface area contributed by atoms with Crippen molar-refractivity contribution in [2.75, 3.05) is 0 Å². The van der Waals surface area contributed by atoms with E-state index in [4.69, 9.17) is 9.98 Å². The maximum absolute atomic E-state index is 5.03. The average Bonchev–Trinajstić information content (AvgIpc) is 2.74. The van der Waals surface area contributed by atoms with Crippen LogP contribution in [-0.4, -0.2) is 11.4 Å². The van der Waals surface area contributed by atoms with Gasteiger partial charge in [0.2, 0.25) is 0 Å². The molecule has 0 radical (unpaired) electrons. The normalized spacial score (nSPS) is 11.9. The van der Waals surface area contributed by atoms with Crippen LogP contribution in [0.1, 0.15) is 78.1 Å². The van der Waals surface area contributed by atoms with Gasteiger partial charge in [-0.25, -0.2) is 0 Å². The SMILES string of the molecule is CCCCCCCCC(=N\c1ccccc1)/C(CCCC)=N/c1ccccc1.[Ni].